The molecule has 1 unspecified atom stereocenters. The molecule has 5 aromatic carbocycles. The van der Waals surface area contributed by atoms with Crippen molar-refractivity contribution in [2.45, 2.75) is 0 Å². The van der Waals surface area contributed by atoms with Gasteiger partial charge in [-0.2, -0.15) is 5.26 Å². The van der Waals surface area contributed by atoms with E-state index in [-0.39, 0.29) is 0 Å². The van der Waals surface area contributed by atoms with Crippen LogP contribution in [0.25, 0.3) is 38.6 Å². The van der Waals surface area contributed by atoms with E-state index in [0.717, 1.165) is 54.5 Å². The summed E-state index contributed by atoms with van der Waals surface area (Å²) >= 11 is 0. The highest BCUT2D eigenvalue weighted by atomic mass is 31.2. The zero-order valence-corrected chi connectivity index (χ0v) is 19.6. The van der Waals surface area contributed by atoms with E-state index in [2.05, 4.69) is 41.0 Å². The molecule has 2 heterocycles. The molecule has 7 rings (SSSR count). The number of nitrogens with zero attached hydrogens (tertiary/aromatic N) is 2. The molecule has 1 aromatic heterocycles. The number of hydrogen-bond acceptors (Lipinski definition) is 2. The van der Waals surface area contributed by atoms with Gasteiger partial charge in [0.1, 0.15) is 0 Å². The smallest absolute Gasteiger partial charge is 0.172 e. The predicted octanol–water partition coefficient (Wildman–Crippen LogP) is 6.28. The maximum Gasteiger partial charge on any atom is 0.172 e. The average Bonchev–Trinajstić information content (AvgIpc) is 3.40. The van der Waals surface area contributed by atoms with Crippen LogP contribution >= 0.6 is 7.14 Å². The monoisotopic (exact) mass is 466 g/mol. The van der Waals surface area contributed by atoms with Gasteiger partial charge in [-0.25, -0.2) is 0 Å². The first-order valence-corrected chi connectivity index (χ1v) is 13.3. The van der Waals surface area contributed by atoms with Crippen molar-refractivity contribution in [3.63, 3.8) is 0 Å². The van der Waals surface area contributed by atoms with Gasteiger partial charge in [-0.05, 0) is 41.5 Å². The highest BCUT2D eigenvalue weighted by Gasteiger charge is 2.42. The lowest BCUT2D eigenvalue weighted by atomic mass is 10.0. The molecule has 4 heteroatoms. The molecule has 1 atom stereocenters. The molecule has 0 saturated heterocycles. The van der Waals surface area contributed by atoms with Crippen LogP contribution < -0.4 is 15.9 Å². The van der Waals surface area contributed by atoms with E-state index in [1.807, 2.05) is 84.9 Å². The van der Waals surface area contributed by atoms with E-state index in [0.29, 0.717) is 5.56 Å². The molecule has 0 amide bonds. The van der Waals surface area contributed by atoms with Crippen molar-refractivity contribution in [1.82, 2.24) is 4.57 Å². The van der Waals surface area contributed by atoms with Crippen LogP contribution in [0.3, 0.4) is 0 Å². The third kappa shape index (κ3) is 2.63. The highest BCUT2D eigenvalue weighted by Crippen LogP contribution is 2.55. The third-order valence-corrected chi connectivity index (χ3v) is 10.2. The maximum absolute atomic E-state index is 15.3. The van der Waals surface area contributed by atoms with Crippen LogP contribution in [0, 0.1) is 11.3 Å². The van der Waals surface area contributed by atoms with Gasteiger partial charge in [-0.1, -0.05) is 84.9 Å². The first-order valence-electron chi connectivity index (χ1n) is 11.5. The normalized spacial score (nSPS) is 16.2. The molecule has 164 valence electrons. The van der Waals surface area contributed by atoms with Gasteiger partial charge >= 0.3 is 0 Å². The van der Waals surface area contributed by atoms with Crippen molar-refractivity contribution in [3.05, 3.63) is 121 Å². The SMILES string of the molecule is N#Cc1cccc(-n2c3ccccc3c3c4c(ccc32)-c2ccccc2P4(=O)c2ccccc2)c1. The van der Waals surface area contributed by atoms with Crippen LogP contribution in [-0.4, -0.2) is 4.57 Å². The first-order chi connectivity index (χ1) is 17.2. The fourth-order valence-electron chi connectivity index (χ4n) is 5.58. The van der Waals surface area contributed by atoms with E-state index in [4.69, 9.17) is 0 Å². The van der Waals surface area contributed by atoms with Crippen LogP contribution in [0.2, 0.25) is 0 Å². The largest absolute Gasteiger partial charge is 0.309 e. The van der Waals surface area contributed by atoms with Crippen LogP contribution in [0.15, 0.2) is 115 Å². The van der Waals surface area contributed by atoms with Crippen molar-refractivity contribution in [1.29, 1.82) is 5.26 Å². The van der Waals surface area contributed by atoms with Gasteiger partial charge in [-0.15, -0.1) is 0 Å². The summed E-state index contributed by atoms with van der Waals surface area (Å²) < 4.78 is 17.5. The Morgan fingerprint density at radius 3 is 2.31 bits per heavy atom. The molecule has 0 aliphatic carbocycles. The fourth-order valence-corrected chi connectivity index (χ4v) is 8.87. The van der Waals surface area contributed by atoms with E-state index < -0.39 is 7.14 Å². The molecule has 0 spiro atoms. The van der Waals surface area contributed by atoms with Crippen LogP contribution in [-0.2, 0) is 4.57 Å². The Hall–Kier alpha value is -4.38. The van der Waals surface area contributed by atoms with Gasteiger partial charge in [0.15, 0.2) is 7.14 Å². The Balaban J connectivity index is 1.68. The number of hydrogen-bond donors (Lipinski definition) is 0. The lowest BCUT2D eigenvalue weighted by Crippen LogP contribution is -2.21. The Kier molecular flexibility index (Phi) is 4.18. The maximum atomic E-state index is 15.3. The van der Waals surface area contributed by atoms with E-state index in [1.165, 1.54) is 0 Å². The summed E-state index contributed by atoms with van der Waals surface area (Å²) in [5.74, 6) is 0. The van der Waals surface area contributed by atoms with Gasteiger partial charge in [0.2, 0.25) is 0 Å². The van der Waals surface area contributed by atoms with Crippen molar-refractivity contribution in [2.24, 2.45) is 0 Å². The van der Waals surface area contributed by atoms with Crippen LogP contribution in [0.4, 0.5) is 0 Å². The Bertz CT molecular complexity index is 1890. The highest BCUT2D eigenvalue weighted by molar-refractivity contribution is 7.86. The van der Waals surface area contributed by atoms with Crippen LogP contribution in [0.1, 0.15) is 5.56 Å². The fraction of sp³-hybridized carbons (Fsp3) is 0. The third-order valence-electron chi connectivity index (χ3n) is 7.01. The first kappa shape index (κ1) is 20.0. The standard InChI is InChI=1S/C31H19N2OP/c32-20-21-9-8-10-22(19-21)33-27-15-6-4-14-26(27)30-28(33)18-17-25-24-13-5-7-16-29(24)35(34,31(25)30)23-11-2-1-3-12-23/h1-19H. The summed E-state index contributed by atoms with van der Waals surface area (Å²) in [7, 11) is -3.11. The summed E-state index contributed by atoms with van der Waals surface area (Å²) in [6.07, 6.45) is 0. The van der Waals surface area contributed by atoms with Crippen molar-refractivity contribution in [2.75, 3.05) is 0 Å². The molecule has 0 radical (unpaired) electrons. The minimum Gasteiger partial charge on any atom is -0.309 e. The van der Waals surface area contributed by atoms with E-state index >= 15 is 4.57 Å². The molecule has 0 saturated carbocycles. The lowest BCUT2D eigenvalue weighted by Gasteiger charge is -2.17. The molecular weight excluding hydrogens is 447 g/mol. The Morgan fingerprint density at radius 2 is 1.46 bits per heavy atom. The number of fused-ring (bicyclic) bond motifs is 7. The molecule has 1 aliphatic heterocycles. The second-order valence-corrected chi connectivity index (χ2v) is 11.5. The summed E-state index contributed by atoms with van der Waals surface area (Å²) in [6, 6.07) is 40.4. The van der Waals surface area contributed by atoms with Crippen molar-refractivity contribution < 1.29 is 4.57 Å². The van der Waals surface area contributed by atoms with E-state index in [1.54, 1.807) is 0 Å². The molecular formula is C31H19N2OP. The van der Waals surface area contributed by atoms with Crippen LogP contribution in [0.5, 0.6) is 0 Å². The molecule has 1 aliphatic rings. The van der Waals surface area contributed by atoms with Gasteiger partial charge in [0.25, 0.3) is 0 Å². The summed E-state index contributed by atoms with van der Waals surface area (Å²) in [6.45, 7) is 0. The minimum absolute atomic E-state index is 0.608. The van der Waals surface area contributed by atoms with Gasteiger partial charge in [0.05, 0.1) is 22.7 Å². The molecule has 3 nitrogen and oxygen atoms in total. The average molecular weight is 466 g/mol. The molecule has 0 N–H and O–H groups in total. The number of para-hydroxylation sites is 1. The zero-order chi connectivity index (χ0) is 23.6. The number of rotatable bonds is 2. The van der Waals surface area contributed by atoms with Gasteiger partial charge in [0, 0.05) is 32.4 Å². The Morgan fingerprint density at radius 1 is 0.686 bits per heavy atom. The lowest BCUT2D eigenvalue weighted by molar-refractivity contribution is 0.593. The number of benzene rings is 5. The molecule has 35 heavy (non-hydrogen) atoms. The minimum atomic E-state index is -3.11. The predicted molar refractivity (Wildman–Crippen MR) is 144 cm³/mol. The quantitative estimate of drug-likeness (QED) is 0.282. The molecule has 0 fully saturated rings. The topological polar surface area (TPSA) is 45.8 Å². The Labute approximate surface area is 202 Å². The van der Waals surface area contributed by atoms with Gasteiger partial charge < -0.3 is 9.13 Å². The van der Waals surface area contributed by atoms with Gasteiger partial charge in [-0.3, -0.25) is 0 Å². The number of aromatic nitrogens is 1. The summed E-state index contributed by atoms with van der Waals surface area (Å²) in [4.78, 5) is 0. The second-order valence-electron chi connectivity index (χ2n) is 8.83. The van der Waals surface area contributed by atoms with Crippen molar-refractivity contribution in [3.8, 4) is 22.9 Å². The molecule has 0 bridgehead atoms. The zero-order valence-electron chi connectivity index (χ0n) is 18.7. The molecule has 6 aromatic rings. The van der Waals surface area contributed by atoms with E-state index in [9.17, 15) is 5.26 Å². The van der Waals surface area contributed by atoms with Crippen molar-refractivity contribution >= 4 is 44.9 Å². The summed E-state index contributed by atoms with van der Waals surface area (Å²) in [5, 5.41) is 14.2. The summed E-state index contributed by atoms with van der Waals surface area (Å²) in [5.41, 5.74) is 5.62. The number of nitriles is 1. The second kappa shape index (κ2) is 7.31.